The van der Waals surface area contributed by atoms with E-state index in [1.807, 2.05) is 34.9 Å². The summed E-state index contributed by atoms with van der Waals surface area (Å²) in [5, 5.41) is 3.44. The van der Waals surface area contributed by atoms with Crippen LogP contribution in [0.2, 0.25) is 0 Å². The topological polar surface area (TPSA) is 46.9 Å². The average Bonchev–Trinajstić information content (AvgIpc) is 3.41. The monoisotopic (exact) mass is 405 g/mol. The molecule has 8 heteroatoms. The van der Waals surface area contributed by atoms with Crippen LogP contribution < -0.4 is 5.32 Å². The fraction of sp³-hybridized carbons (Fsp3) is 0.300. The van der Waals surface area contributed by atoms with E-state index in [1.165, 1.54) is 17.8 Å². The fourth-order valence-corrected chi connectivity index (χ4v) is 3.77. The molecule has 1 amide bonds. The molecule has 1 fully saturated rings. The predicted octanol–water partition coefficient (Wildman–Crippen LogP) is 4.47. The van der Waals surface area contributed by atoms with E-state index in [-0.39, 0.29) is 23.2 Å². The normalized spacial score (nSPS) is 14.4. The van der Waals surface area contributed by atoms with Crippen LogP contribution in [0.4, 0.5) is 13.2 Å². The second-order valence-electron chi connectivity index (χ2n) is 6.80. The number of thioether (sulfide) groups is 1. The standard InChI is InChI=1S/C20H18F3N3OS/c21-20(22,23)14-6-9-17-16(10-14)25-19(28-12-18(27)24-15-7-8-15)26(17)11-13-4-2-1-3-5-13/h1-6,9-10,15H,7-8,11-12H2,(H,24,27). The van der Waals surface area contributed by atoms with Gasteiger partial charge in [-0.3, -0.25) is 4.79 Å². The highest BCUT2D eigenvalue weighted by Crippen LogP contribution is 2.33. The number of amides is 1. The molecule has 0 saturated heterocycles. The lowest BCUT2D eigenvalue weighted by atomic mass is 10.2. The van der Waals surface area contributed by atoms with Gasteiger partial charge in [-0.2, -0.15) is 13.2 Å². The average molecular weight is 405 g/mol. The van der Waals surface area contributed by atoms with Gasteiger partial charge in [0.25, 0.3) is 0 Å². The number of carbonyl (C=O) groups excluding carboxylic acids is 1. The fourth-order valence-electron chi connectivity index (χ4n) is 2.94. The maximum atomic E-state index is 13.1. The second-order valence-corrected chi connectivity index (χ2v) is 7.74. The molecule has 1 aliphatic rings. The molecule has 2 aromatic carbocycles. The third-order valence-corrected chi connectivity index (χ3v) is 5.48. The summed E-state index contributed by atoms with van der Waals surface area (Å²) < 4.78 is 41.0. The Morgan fingerprint density at radius 2 is 1.93 bits per heavy atom. The minimum Gasteiger partial charge on any atom is -0.353 e. The molecular formula is C20H18F3N3OS. The summed E-state index contributed by atoms with van der Waals surface area (Å²) in [7, 11) is 0. The van der Waals surface area contributed by atoms with Gasteiger partial charge in [-0.25, -0.2) is 4.98 Å². The lowest BCUT2D eigenvalue weighted by molar-refractivity contribution is -0.137. The Hall–Kier alpha value is -2.48. The largest absolute Gasteiger partial charge is 0.416 e. The summed E-state index contributed by atoms with van der Waals surface area (Å²) in [6.07, 6.45) is -2.42. The van der Waals surface area contributed by atoms with E-state index in [0.717, 1.165) is 30.5 Å². The molecule has 4 rings (SSSR count). The van der Waals surface area contributed by atoms with Crippen LogP contribution >= 0.6 is 11.8 Å². The molecule has 28 heavy (non-hydrogen) atoms. The lowest BCUT2D eigenvalue weighted by Crippen LogP contribution is -2.27. The van der Waals surface area contributed by atoms with E-state index in [9.17, 15) is 18.0 Å². The number of hydrogen-bond donors (Lipinski definition) is 1. The Bertz CT molecular complexity index is 997. The molecule has 1 N–H and O–H groups in total. The molecular weight excluding hydrogens is 387 g/mol. The molecule has 1 saturated carbocycles. The van der Waals surface area contributed by atoms with Crippen molar-refractivity contribution in [1.82, 2.24) is 14.9 Å². The number of halogens is 3. The van der Waals surface area contributed by atoms with Crippen LogP contribution in [0.15, 0.2) is 53.7 Å². The molecule has 0 aliphatic heterocycles. The molecule has 3 aromatic rings. The van der Waals surface area contributed by atoms with Crippen molar-refractivity contribution in [1.29, 1.82) is 0 Å². The highest BCUT2D eigenvalue weighted by Gasteiger charge is 2.31. The van der Waals surface area contributed by atoms with Gasteiger partial charge in [0.1, 0.15) is 0 Å². The number of imidazole rings is 1. The summed E-state index contributed by atoms with van der Waals surface area (Å²) in [6, 6.07) is 13.5. The van der Waals surface area contributed by atoms with Gasteiger partial charge in [-0.05, 0) is 36.6 Å². The maximum absolute atomic E-state index is 13.1. The molecule has 1 heterocycles. The summed E-state index contributed by atoms with van der Waals surface area (Å²) in [5.74, 6) is 0.0996. The summed E-state index contributed by atoms with van der Waals surface area (Å²) >= 11 is 1.24. The number of hydrogen-bond acceptors (Lipinski definition) is 3. The van der Waals surface area contributed by atoms with Crippen molar-refractivity contribution in [3.63, 3.8) is 0 Å². The Balaban J connectivity index is 1.65. The summed E-state index contributed by atoms with van der Waals surface area (Å²) in [5.41, 5.74) is 1.16. The quantitative estimate of drug-likeness (QED) is 0.616. The van der Waals surface area contributed by atoms with Gasteiger partial charge in [0.05, 0.1) is 28.9 Å². The zero-order valence-corrected chi connectivity index (χ0v) is 15.7. The minimum absolute atomic E-state index is 0.0817. The highest BCUT2D eigenvalue weighted by molar-refractivity contribution is 7.99. The van der Waals surface area contributed by atoms with Gasteiger partial charge in [0.2, 0.25) is 5.91 Å². The molecule has 0 atom stereocenters. The minimum atomic E-state index is -4.42. The Kier molecular flexibility index (Phi) is 5.05. The van der Waals surface area contributed by atoms with Gasteiger partial charge in [0.15, 0.2) is 5.16 Å². The van der Waals surface area contributed by atoms with E-state index >= 15 is 0 Å². The number of aromatic nitrogens is 2. The van der Waals surface area contributed by atoms with Gasteiger partial charge < -0.3 is 9.88 Å². The summed E-state index contributed by atoms with van der Waals surface area (Å²) in [4.78, 5) is 16.4. The Labute approximate surface area is 164 Å². The van der Waals surface area contributed by atoms with E-state index in [0.29, 0.717) is 17.2 Å². The van der Waals surface area contributed by atoms with Crippen molar-refractivity contribution in [3.05, 3.63) is 59.7 Å². The van der Waals surface area contributed by atoms with Crippen molar-refractivity contribution in [2.45, 2.75) is 36.8 Å². The Morgan fingerprint density at radius 3 is 2.61 bits per heavy atom. The van der Waals surface area contributed by atoms with Crippen LogP contribution in [0.1, 0.15) is 24.0 Å². The van der Waals surface area contributed by atoms with Crippen molar-refractivity contribution in [2.75, 3.05) is 5.75 Å². The van der Waals surface area contributed by atoms with E-state index in [4.69, 9.17) is 0 Å². The highest BCUT2D eigenvalue weighted by atomic mass is 32.2. The first kappa shape index (κ1) is 18.9. The van der Waals surface area contributed by atoms with Crippen molar-refractivity contribution in [3.8, 4) is 0 Å². The smallest absolute Gasteiger partial charge is 0.353 e. The number of rotatable bonds is 6. The molecule has 0 spiro atoms. The molecule has 1 aromatic heterocycles. The van der Waals surface area contributed by atoms with Crippen molar-refractivity contribution >= 4 is 28.7 Å². The number of nitrogens with one attached hydrogen (secondary N) is 1. The Morgan fingerprint density at radius 1 is 1.18 bits per heavy atom. The van der Waals surface area contributed by atoms with Crippen LogP contribution in [0.5, 0.6) is 0 Å². The molecule has 0 radical (unpaired) electrons. The zero-order valence-electron chi connectivity index (χ0n) is 14.9. The van der Waals surface area contributed by atoms with E-state index in [1.54, 1.807) is 0 Å². The van der Waals surface area contributed by atoms with Crippen LogP contribution in [0, 0.1) is 0 Å². The lowest BCUT2D eigenvalue weighted by Gasteiger charge is -2.10. The maximum Gasteiger partial charge on any atom is 0.416 e. The summed E-state index contributed by atoms with van der Waals surface area (Å²) in [6.45, 7) is 0.468. The van der Waals surface area contributed by atoms with Crippen LogP contribution in [0.3, 0.4) is 0 Å². The molecule has 0 bridgehead atoms. The van der Waals surface area contributed by atoms with Gasteiger partial charge >= 0.3 is 6.18 Å². The number of carbonyl (C=O) groups is 1. The SMILES string of the molecule is O=C(CSc1nc2cc(C(F)(F)F)ccc2n1Cc1ccccc1)NC1CC1. The predicted molar refractivity (Wildman–Crippen MR) is 102 cm³/mol. The van der Waals surface area contributed by atoms with E-state index < -0.39 is 11.7 Å². The number of benzene rings is 2. The number of fused-ring (bicyclic) bond motifs is 1. The van der Waals surface area contributed by atoms with E-state index in [2.05, 4.69) is 10.3 Å². The van der Waals surface area contributed by atoms with Gasteiger partial charge in [-0.15, -0.1) is 0 Å². The third-order valence-electron chi connectivity index (χ3n) is 4.50. The van der Waals surface area contributed by atoms with Crippen LogP contribution in [-0.2, 0) is 17.5 Å². The third kappa shape index (κ3) is 4.32. The second kappa shape index (κ2) is 7.50. The zero-order chi connectivity index (χ0) is 19.7. The van der Waals surface area contributed by atoms with Gasteiger partial charge in [-0.1, -0.05) is 42.1 Å². The van der Waals surface area contributed by atoms with Crippen LogP contribution in [-0.4, -0.2) is 27.3 Å². The van der Waals surface area contributed by atoms with Gasteiger partial charge in [0, 0.05) is 6.04 Å². The number of nitrogens with zero attached hydrogens (tertiary/aromatic N) is 2. The molecule has 146 valence electrons. The first-order valence-electron chi connectivity index (χ1n) is 8.94. The number of alkyl halides is 3. The molecule has 1 aliphatic carbocycles. The first-order chi connectivity index (χ1) is 13.4. The molecule has 0 unspecified atom stereocenters. The van der Waals surface area contributed by atoms with Crippen LogP contribution in [0.25, 0.3) is 11.0 Å². The molecule has 4 nitrogen and oxygen atoms in total. The van der Waals surface area contributed by atoms with Crippen molar-refractivity contribution in [2.24, 2.45) is 0 Å². The van der Waals surface area contributed by atoms with Crippen molar-refractivity contribution < 1.29 is 18.0 Å². The first-order valence-corrected chi connectivity index (χ1v) is 9.92.